The van der Waals surface area contributed by atoms with Crippen molar-refractivity contribution in [1.82, 2.24) is 9.78 Å². The monoisotopic (exact) mass is 489 g/mol. The second-order valence-electron chi connectivity index (χ2n) is 8.36. The van der Waals surface area contributed by atoms with Crippen molar-refractivity contribution in [1.29, 1.82) is 0 Å². The van der Waals surface area contributed by atoms with Gasteiger partial charge in [-0.1, -0.05) is 23.7 Å². The molecule has 1 N–H and O–H groups in total. The molecule has 0 unspecified atom stereocenters. The molecule has 0 spiro atoms. The van der Waals surface area contributed by atoms with Gasteiger partial charge in [0.25, 0.3) is 5.91 Å². The van der Waals surface area contributed by atoms with Crippen LogP contribution < -0.4 is 10.1 Å². The molecule has 1 heterocycles. The van der Waals surface area contributed by atoms with E-state index in [0.29, 0.717) is 27.5 Å². The lowest BCUT2D eigenvalue weighted by molar-refractivity contribution is -0.132. The summed E-state index contributed by atoms with van der Waals surface area (Å²) in [6.45, 7) is 1.33. The molecule has 5 rings (SSSR count). The lowest BCUT2D eigenvalue weighted by Gasteiger charge is -2.10. The van der Waals surface area contributed by atoms with Crippen LogP contribution in [0.5, 0.6) is 5.88 Å². The zero-order valence-corrected chi connectivity index (χ0v) is 19.6. The molecule has 6 nitrogen and oxygen atoms in total. The predicted molar refractivity (Wildman–Crippen MR) is 132 cm³/mol. The van der Waals surface area contributed by atoms with Gasteiger partial charge in [0.05, 0.1) is 16.9 Å². The highest BCUT2D eigenvalue weighted by molar-refractivity contribution is 6.30. The molecule has 1 amide bonds. The lowest BCUT2D eigenvalue weighted by Crippen LogP contribution is -2.11. The predicted octanol–water partition coefficient (Wildman–Crippen LogP) is 6.39. The maximum absolute atomic E-state index is 13.5. The minimum atomic E-state index is -0.483. The normalized spacial score (nSPS) is 12.9. The number of carbonyl (C=O) groups excluding carboxylic acids is 2. The highest BCUT2D eigenvalue weighted by Crippen LogP contribution is 2.48. The fourth-order valence-corrected chi connectivity index (χ4v) is 3.97. The van der Waals surface area contributed by atoms with Gasteiger partial charge < -0.3 is 10.1 Å². The lowest BCUT2D eigenvalue weighted by atomic mass is 10.0. The molecule has 0 bridgehead atoms. The van der Waals surface area contributed by atoms with Gasteiger partial charge in [0.1, 0.15) is 5.82 Å². The van der Waals surface area contributed by atoms with Crippen molar-refractivity contribution in [2.75, 3.05) is 5.32 Å². The van der Waals surface area contributed by atoms with Gasteiger partial charge in [0.2, 0.25) is 5.88 Å². The number of nitrogens with zero attached hydrogens (tertiary/aromatic N) is 2. The van der Waals surface area contributed by atoms with E-state index in [4.69, 9.17) is 21.4 Å². The molecule has 1 aromatic heterocycles. The molecule has 0 saturated heterocycles. The average Bonchev–Trinajstić information content (AvgIpc) is 3.62. The molecule has 1 saturated carbocycles. The van der Waals surface area contributed by atoms with Crippen LogP contribution >= 0.6 is 11.6 Å². The molecule has 176 valence electrons. The molecule has 8 heteroatoms. The Kier molecular flexibility index (Phi) is 6.09. The van der Waals surface area contributed by atoms with Crippen molar-refractivity contribution in [3.05, 3.63) is 94.9 Å². The first-order chi connectivity index (χ1) is 16.9. The van der Waals surface area contributed by atoms with Crippen molar-refractivity contribution >= 4 is 29.2 Å². The van der Waals surface area contributed by atoms with Crippen LogP contribution in [0.4, 0.5) is 10.1 Å². The summed E-state index contributed by atoms with van der Waals surface area (Å²) in [6, 6.07) is 19.8. The summed E-state index contributed by atoms with van der Waals surface area (Å²) in [4.78, 5) is 24.5. The molecule has 4 aromatic rings. The first kappa shape index (κ1) is 22.8. The Bertz CT molecular complexity index is 1390. The van der Waals surface area contributed by atoms with Gasteiger partial charge in [0.15, 0.2) is 0 Å². The number of ether oxygens (including phenoxy) is 1. The number of esters is 1. The Balaban J connectivity index is 1.50. The van der Waals surface area contributed by atoms with E-state index in [1.54, 1.807) is 53.2 Å². The third-order valence-electron chi connectivity index (χ3n) is 5.68. The van der Waals surface area contributed by atoms with Crippen molar-refractivity contribution in [3.63, 3.8) is 0 Å². The van der Waals surface area contributed by atoms with Gasteiger partial charge in [-0.3, -0.25) is 9.59 Å². The van der Waals surface area contributed by atoms with Gasteiger partial charge in [-0.15, -0.1) is 0 Å². The van der Waals surface area contributed by atoms with Crippen molar-refractivity contribution < 1.29 is 18.7 Å². The smallest absolute Gasteiger partial charge is 0.309 e. The fourth-order valence-electron chi connectivity index (χ4n) is 3.84. The number of amides is 1. The van der Waals surface area contributed by atoms with Gasteiger partial charge in [-0.2, -0.15) is 9.78 Å². The van der Waals surface area contributed by atoms with Gasteiger partial charge >= 0.3 is 5.97 Å². The quantitative estimate of drug-likeness (QED) is 0.319. The summed E-state index contributed by atoms with van der Waals surface area (Å²) in [5.74, 6) is -0.565. The van der Waals surface area contributed by atoms with E-state index in [1.165, 1.54) is 19.1 Å². The topological polar surface area (TPSA) is 73.2 Å². The van der Waals surface area contributed by atoms with Crippen molar-refractivity contribution in [2.45, 2.75) is 25.7 Å². The van der Waals surface area contributed by atoms with Crippen molar-refractivity contribution in [3.8, 4) is 22.7 Å². The molecule has 3 aromatic carbocycles. The number of benzene rings is 3. The minimum absolute atomic E-state index is 0.252. The maximum atomic E-state index is 13.5. The first-order valence-electron chi connectivity index (χ1n) is 11.1. The Morgan fingerprint density at radius 1 is 1.00 bits per heavy atom. The summed E-state index contributed by atoms with van der Waals surface area (Å²) in [5, 5.41) is 8.18. The molecular weight excluding hydrogens is 469 g/mol. The Morgan fingerprint density at radius 2 is 1.66 bits per heavy atom. The Morgan fingerprint density at radius 3 is 2.26 bits per heavy atom. The third-order valence-corrected chi connectivity index (χ3v) is 5.94. The molecule has 1 aliphatic rings. The number of anilines is 1. The summed E-state index contributed by atoms with van der Waals surface area (Å²) >= 11 is 5.90. The van der Waals surface area contributed by atoms with Crippen LogP contribution in [0.25, 0.3) is 16.8 Å². The van der Waals surface area contributed by atoms with E-state index >= 15 is 0 Å². The number of nitrogens with one attached hydrogen (secondary N) is 1. The summed E-state index contributed by atoms with van der Waals surface area (Å²) < 4.78 is 20.7. The molecule has 1 aliphatic carbocycles. The van der Waals surface area contributed by atoms with E-state index in [9.17, 15) is 14.0 Å². The number of hydrogen-bond acceptors (Lipinski definition) is 4. The zero-order valence-electron chi connectivity index (χ0n) is 18.8. The van der Waals surface area contributed by atoms with Gasteiger partial charge in [0, 0.05) is 29.1 Å². The Labute approximate surface area is 206 Å². The molecular formula is C27H21ClFN3O3. The SMILES string of the molecule is CC(=O)Oc1c(-c2ccc(NC(=O)c3ccc(Cl)cc3)cc2)c(C2CC2)nn1-c1ccc(F)cc1. The molecule has 35 heavy (non-hydrogen) atoms. The molecule has 0 atom stereocenters. The summed E-state index contributed by atoms with van der Waals surface area (Å²) in [6.07, 6.45) is 1.98. The van der Waals surface area contributed by atoms with Crippen LogP contribution in [-0.2, 0) is 4.79 Å². The third kappa shape index (κ3) is 4.95. The standard InChI is InChI=1S/C27H21ClFN3O3/c1-16(33)35-27-24(25(18-2-3-18)31-32(27)23-14-10-21(29)11-15-23)17-6-12-22(13-7-17)30-26(34)19-4-8-20(28)9-5-19/h4-15,18H,2-3H2,1H3,(H,30,34). The number of hydrogen-bond donors (Lipinski definition) is 1. The highest BCUT2D eigenvalue weighted by atomic mass is 35.5. The fraction of sp³-hybridized carbons (Fsp3) is 0.148. The number of rotatable bonds is 6. The average molecular weight is 490 g/mol. The van der Waals surface area contributed by atoms with Crippen LogP contribution in [-0.4, -0.2) is 21.7 Å². The van der Waals surface area contributed by atoms with Gasteiger partial charge in [-0.05, 0) is 79.1 Å². The second kappa shape index (κ2) is 9.35. The van der Waals surface area contributed by atoms with Crippen LogP contribution in [0.2, 0.25) is 5.02 Å². The van der Waals surface area contributed by atoms with Crippen LogP contribution in [0.1, 0.15) is 41.7 Å². The van der Waals surface area contributed by atoms with Crippen LogP contribution in [0.15, 0.2) is 72.8 Å². The number of carbonyl (C=O) groups is 2. The van der Waals surface area contributed by atoms with E-state index < -0.39 is 5.97 Å². The van der Waals surface area contributed by atoms with E-state index in [0.717, 1.165) is 24.1 Å². The van der Waals surface area contributed by atoms with Crippen LogP contribution in [0.3, 0.4) is 0 Å². The van der Waals surface area contributed by atoms with E-state index in [1.807, 2.05) is 12.1 Å². The number of aromatic nitrogens is 2. The molecule has 0 aliphatic heterocycles. The van der Waals surface area contributed by atoms with Crippen molar-refractivity contribution in [2.24, 2.45) is 0 Å². The van der Waals surface area contributed by atoms with Gasteiger partial charge in [-0.25, -0.2) is 4.39 Å². The highest BCUT2D eigenvalue weighted by Gasteiger charge is 2.34. The zero-order chi connectivity index (χ0) is 24.5. The Hall–Kier alpha value is -3.97. The van der Waals surface area contributed by atoms with Crippen LogP contribution in [0, 0.1) is 5.82 Å². The van der Waals surface area contributed by atoms with E-state index in [2.05, 4.69) is 5.32 Å². The second-order valence-corrected chi connectivity index (χ2v) is 8.80. The maximum Gasteiger partial charge on any atom is 0.309 e. The summed E-state index contributed by atoms with van der Waals surface area (Å²) in [7, 11) is 0. The minimum Gasteiger partial charge on any atom is -0.407 e. The molecule has 1 fully saturated rings. The largest absolute Gasteiger partial charge is 0.407 e. The first-order valence-corrected chi connectivity index (χ1v) is 11.5. The molecule has 0 radical (unpaired) electrons. The van der Waals surface area contributed by atoms with E-state index in [-0.39, 0.29) is 23.5 Å². The number of halogens is 2. The summed E-state index contributed by atoms with van der Waals surface area (Å²) in [5.41, 5.74) is 4.02.